The Kier molecular flexibility index (Phi) is 4.90. The Morgan fingerprint density at radius 3 is 2.83 bits per heavy atom. The SMILES string of the molecule is CC(C)(C)OC(=O)n1ncc2ccc(NS(=O)(=O)C3C(Br)N=C4SC=CN43)cc21. The number of aromatic nitrogens is 2. The molecular formula is C17H18BrN5O4S2. The second kappa shape index (κ2) is 7.03. The molecule has 0 amide bonds. The van der Waals surface area contributed by atoms with Gasteiger partial charge in [-0.25, -0.2) is 18.2 Å². The number of ether oxygens (including phenoxy) is 1. The summed E-state index contributed by atoms with van der Waals surface area (Å²) in [6.07, 6.45) is 2.58. The number of nitrogens with one attached hydrogen (secondary N) is 1. The number of halogens is 1. The van der Waals surface area contributed by atoms with Crippen LogP contribution in [-0.4, -0.2) is 50.3 Å². The number of fused-ring (bicyclic) bond motifs is 2. The number of nitrogens with zero attached hydrogens (tertiary/aromatic N) is 4. The van der Waals surface area contributed by atoms with Gasteiger partial charge in [0.2, 0.25) is 0 Å². The fourth-order valence-electron chi connectivity index (χ4n) is 2.93. The normalized spacial score (nSPS) is 21.4. The van der Waals surface area contributed by atoms with E-state index in [2.05, 4.69) is 30.7 Å². The lowest BCUT2D eigenvalue weighted by molar-refractivity contribution is 0.0523. The van der Waals surface area contributed by atoms with Crippen molar-refractivity contribution in [2.24, 2.45) is 4.99 Å². The van der Waals surface area contributed by atoms with E-state index in [1.165, 1.54) is 18.0 Å². The van der Waals surface area contributed by atoms with E-state index < -0.39 is 32.0 Å². The first-order chi connectivity index (χ1) is 13.5. The Labute approximate surface area is 180 Å². The Hall–Kier alpha value is -2.05. The number of aliphatic imine (C=N–C) groups is 1. The van der Waals surface area contributed by atoms with Crippen molar-refractivity contribution in [3.63, 3.8) is 0 Å². The quantitative estimate of drug-likeness (QED) is 0.508. The number of carbonyl (C=O) groups is 1. The number of rotatable bonds is 3. The molecule has 0 saturated carbocycles. The zero-order chi connectivity index (χ0) is 21.0. The van der Waals surface area contributed by atoms with Gasteiger partial charge in [0.25, 0.3) is 10.0 Å². The number of benzene rings is 1. The molecule has 0 bridgehead atoms. The maximum Gasteiger partial charge on any atom is 0.435 e. The summed E-state index contributed by atoms with van der Waals surface area (Å²) in [5.41, 5.74) is 0.0718. The minimum atomic E-state index is -3.83. The van der Waals surface area contributed by atoms with Gasteiger partial charge in [-0.3, -0.25) is 4.72 Å². The highest BCUT2D eigenvalue weighted by atomic mass is 79.9. The first-order valence-electron chi connectivity index (χ1n) is 8.61. The topological polar surface area (TPSA) is 106 Å². The fourth-order valence-corrected chi connectivity index (χ4v) is 6.62. The van der Waals surface area contributed by atoms with E-state index >= 15 is 0 Å². The molecule has 154 valence electrons. The minimum absolute atomic E-state index is 0.312. The molecule has 2 unspecified atom stereocenters. The summed E-state index contributed by atoms with van der Waals surface area (Å²) in [4.78, 5) is 17.7. The smallest absolute Gasteiger partial charge is 0.435 e. The van der Waals surface area contributed by atoms with Crippen LogP contribution >= 0.6 is 27.7 Å². The molecule has 2 aromatic rings. The van der Waals surface area contributed by atoms with E-state index in [0.29, 0.717) is 21.8 Å². The monoisotopic (exact) mass is 499 g/mol. The third-order valence-electron chi connectivity index (χ3n) is 4.07. The van der Waals surface area contributed by atoms with E-state index in [1.54, 1.807) is 55.5 Å². The third-order valence-corrected chi connectivity index (χ3v) is 7.56. The minimum Gasteiger partial charge on any atom is -0.442 e. The molecule has 0 radical (unpaired) electrons. The van der Waals surface area contributed by atoms with Gasteiger partial charge in [0, 0.05) is 11.6 Å². The molecule has 2 aliphatic rings. The molecule has 1 aromatic heterocycles. The Bertz CT molecular complexity index is 1150. The van der Waals surface area contributed by atoms with Gasteiger partial charge in [0.05, 0.1) is 17.4 Å². The van der Waals surface area contributed by atoms with Crippen LogP contribution in [0.15, 0.2) is 41.0 Å². The van der Waals surface area contributed by atoms with Crippen molar-refractivity contribution in [1.29, 1.82) is 0 Å². The van der Waals surface area contributed by atoms with Crippen LogP contribution in [0, 0.1) is 0 Å². The lowest BCUT2D eigenvalue weighted by atomic mass is 10.2. The predicted molar refractivity (Wildman–Crippen MR) is 116 cm³/mol. The molecule has 4 rings (SSSR count). The van der Waals surface area contributed by atoms with Crippen LogP contribution in [0.25, 0.3) is 10.9 Å². The van der Waals surface area contributed by atoms with Crippen LogP contribution in [0.2, 0.25) is 0 Å². The van der Waals surface area contributed by atoms with Crippen LogP contribution in [0.3, 0.4) is 0 Å². The van der Waals surface area contributed by atoms with Crippen LogP contribution in [-0.2, 0) is 14.8 Å². The summed E-state index contributed by atoms with van der Waals surface area (Å²) in [7, 11) is -3.83. The van der Waals surface area contributed by atoms with Gasteiger partial charge in [0.15, 0.2) is 10.5 Å². The van der Waals surface area contributed by atoms with Crippen LogP contribution in [0.5, 0.6) is 0 Å². The number of amidine groups is 1. The number of sulfonamides is 1. The summed E-state index contributed by atoms with van der Waals surface area (Å²) >= 11 is 4.70. The van der Waals surface area contributed by atoms with Gasteiger partial charge in [-0.2, -0.15) is 9.78 Å². The summed E-state index contributed by atoms with van der Waals surface area (Å²) in [5.74, 6) is 0. The Balaban J connectivity index is 1.62. The number of carbonyl (C=O) groups excluding carboxylic acids is 1. The fraction of sp³-hybridized carbons (Fsp3) is 0.353. The van der Waals surface area contributed by atoms with Crippen LogP contribution < -0.4 is 4.72 Å². The van der Waals surface area contributed by atoms with Gasteiger partial charge in [-0.1, -0.05) is 27.7 Å². The highest BCUT2D eigenvalue weighted by Crippen LogP contribution is 2.36. The molecule has 2 atom stereocenters. The number of hydrogen-bond donors (Lipinski definition) is 1. The lowest BCUT2D eigenvalue weighted by Crippen LogP contribution is -2.42. The zero-order valence-corrected chi connectivity index (χ0v) is 19.0. The largest absolute Gasteiger partial charge is 0.442 e. The van der Waals surface area contributed by atoms with Crippen molar-refractivity contribution in [3.05, 3.63) is 36.0 Å². The molecule has 12 heteroatoms. The molecule has 1 N–H and O–H groups in total. The maximum absolute atomic E-state index is 13.0. The molecule has 0 fully saturated rings. The first-order valence-corrected chi connectivity index (χ1v) is 12.0. The van der Waals surface area contributed by atoms with Crippen molar-refractivity contribution in [1.82, 2.24) is 14.7 Å². The van der Waals surface area contributed by atoms with Gasteiger partial charge in [0.1, 0.15) is 10.6 Å². The van der Waals surface area contributed by atoms with E-state index in [9.17, 15) is 13.2 Å². The predicted octanol–water partition coefficient (Wildman–Crippen LogP) is 3.50. The van der Waals surface area contributed by atoms with Crippen LogP contribution in [0.4, 0.5) is 10.5 Å². The number of hydrogen-bond acceptors (Lipinski definition) is 8. The number of anilines is 1. The third kappa shape index (κ3) is 3.88. The van der Waals surface area contributed by atoms with Crippen molar-refractivity contribution < 1.29 is 17.9 Å². The molecule has 9 nitrogen and oxygen atoms in total. The number of thioether (sulfide) groups is 1. The standard InChI is InChI=1S/C17H18BrN5O4S2/c1-17(2,3)27-16(24)23-12-8-11(5-4-10(12)9-19-23)21-29(25,26)14-13(18)20-15-22(14)6-7-28-15/h4-9,13-14,21H,1-3H3. The van der Waals surface area contributed by atoms with Gasteiger partial charge in [-0.05, 0) is 44.4 Å². The molecule has 0 spiro atoms. The van der Waals surface area contributed by atoms with E-state index in [-0.39, 0.29) is 0 Å². The highest BCUT2D eigenvalue weighted by Gasteiger charge is 2.44. The molecule has 0 aliphatic carbocycles. The lowest BCUT2D eigenvalue weighted by Gasteiger charge is -2.23. The Morgan fingerprint density at radius 2 is 2.10 bits per heavy atom. The number of alkyl halides is 1. The van der Waals surface area contributed by atoms with Gasteiger partial charge >= 0.3 is 6.09 Å². The average Bonchev–Trinajstić information content (AvgIpc) is 3.25. The van der Waals surface area contributed by atoms with Crippen molar-refractivity contribution >= 4 is 65.6 Å². The molecule has 1 aromatic carbocycles. The average molecular weight is 500 g/mol. The Morgan fingerprint density at radius 1 is 1.34 bits per heavy atom. The first kappa shape index (κ1) is 20.2. The summed E-state index contributed by atoms with van der Waals surface area (Å²) in [6.45, 7) is 5.28. The molecule has 2 aliphatic heterocycles. The maximum atomic E-state index is 13.0. The second-order valence-corrected chi connectivity index (χ2v) is 11.0. The van der Waals surface area contributed by atoms with Crippen molar-refractivity contribution in [2.45, 2.75) is 36.7 Å². The van der Waals surface area contributed by atoms with E-state index in [0.717, 1.165) is 4.68 Å². The molecule has 0 saturated heterocycles. The molecular weight excluding hydrogens is 482 g/mol. The van der Waals surface area contributed by atoms with E-state index in [1.807, 2.05) is 0 Å². The molecule has 3 heterocycles. The van der Waals surface area contributed by atoms with Crippen LogP contribution in [0.1, 0.15) is 20.8 Å². The second-order valence-electron chi connectivity index (χ2n) is 7.44. The summed E-state index contributed by atoms with van der Waals surface area (Å²) in [5, 5.41) is 6.24. The highest BCUT2D eigenvalue weighted by molar-refractivity contribution is 9.09. The van der Waals surface area contributed by atoms with E-state index in [4.69, 9.17) is 4.74 Å². The van der Waals surface area contributed by atoms with Gasteiger partial charge < -0.3 is 9.64 Å². The molecule has 29 heavy (non-hydrogen) atoms. The van der Waals surface area contributed by atoms with Gasteiger partial charge in [-0.15, -0.1) is 0 Å². The zero-order valence-electron chi connectivity index (χ0n) is 15.7. The van der Waals surface area contributed by atoms with Crippen molar-refractivity contribution in [2.75, 3.05) is 4.72 Å². The summed E-state index contributed by atoms with van der Waals surface area (Å²) in [6, 6.07) is 4.86. The van der Waals surface area contributed by atoms with Crippen molar-refractivity contribution in [3.8, 4) is 0 Å². The summed E-state index contributed by atoms with van der Waals surface area (Å²) < 4.78 is 35.1.